The first-order chi connectivity index (χ1) is 12.4. The number of aromatic nitrogens is 5. The number of fused-ring (bicyclic) bond motifs is 2. The molecule has 1 aliphatic rings. The summed E-state index contributed by atoms with van der Waals surface area (Å²) in [5.41, 5.74) is 2.46. The number of carbonyl (C=O) groups excluding carboxylic acids is 1. The number of hydrogen-bond acceptors (Lipinski definition) is 5. The summed E-state index contributed by atoms with van der Waals surface area (Å²) < 4.78 is 2.15. The zero-order chi connectivity index (χ0) is 18.3. The highest BCUT2D eigenvalue weighted by Gasteiger charge is 2.26. The summed E-state index contributed by atoms with van der Waals surface area (Å²) >= 11 is 0. The second-order valence-electron chi connectivity index (χ2n) is 7.78. The van der Waals surface area contributed by atoms with Crippen molar-refractivity contribution >= 4 is 16.9 Å². The maximum Gasteiger partial charge on any atom is 0.291 e. The largest absolute Gasteiger partial charge is 0.345 e. The Hall–Kier alpha value is -2.83. The minimum Gasteiger partial charge on any atom is -0.345 e. The molecule has 1 amide bonds. The van der Waals surface area contributed by atoms with Crippen LogP contribution in [-0.2, 0) is 18.4 Å². The molecule has 0 saturated carbocycles. The van der Waals surface area contributed by atoms with E-state index < -0.39 is 0 Å². The van der Waals surface area contributed by atoms with Crippen molar-refractivity contribution in [3.63, 3.8) is 0 Å². The first-order valence-electron chi connectivity index (χ1n) is 8.87. The first kappa shape index (κ1) is 16.6. The van der Waals surface area contributed by atoms with E-state index in [2.05, 4.69) is 52.0 Å². The van der Waals surface area contributed by atoms with Gasteiger partial charge in [0.2, 0.25) is 5.82 Å². The molecule has 3 aromatic rings. The van der Waals surface area contributed by atoms with Crippen LogP contribution in [0.2, 0.25) is 0 Å². The van der Waals surface area contributed by atoms with Crippen LogP contribution in [0.3, 0.4) is 0 Å². The van der Waals surface area contributed by atoms with Crippen LogP contribution in [0.1, 0.15) is 49.3 Å². The predicted octanol–water partition coefficient (Wildman–Crippen LogP) is 2.26. The summed E-state index contributed by atoms with van der Waals surface area (Å²) in [4.78, 5) is 21.6. The van der Waals surface area contributed by atoms with Gasteiger partial charge in [-0.05, 0) is 18.6 Å². The van der Waals surface area contributed by atoms with E-state index in [0.29, 0.717) is 17.6 Å². The van der Waals surface area contributed by atoms with E-state index in [1.807, 2.05) is 24.3 Å². The van der Waals surface area contributed by atoms with Crippen LogP contribution in [0.25, 0.3) is 11.0 Å². The van der Waals surface area contributed by atoms with Gasteiger partial charge in [-0.15, -0.1) is 10.2 Å². The number of para-hydroxylation sites is 1. The average Bonchev–Trinajstić information content (AvgIpc) is 3.05. The molecule has 4 rings (SSSR count). The van der Waals surface area contributed by atoms with Crippen LogP contribution >= 0.6 is 0 Å². The number of nitrogens with zero attached hydrogens (tertiary/aromatic N) is 5. The molecule has 2 aromatic heterocycles. The van der Waals surface area contributed by atoms with Crippen molar-refractivity contribution in [1.29, 1.82) is 0 Å². The van der Waals surface area contributed by atoms with E-state index in [-0.39, 0.29) is 23.2 Å². The third-order valence-corrected chi connectivity index (χ3v) is 4.66. The fraction of sp³-hybridized carbons (Fsp3) is 0.421. The number of imidazole rings is 1. The lowest BCUT2D eigenvalue weighted by Gasteiger charge is -2.24. The molecule has 0 fully saturated rings. The molecule has 7 nitrogen and oxygen atoms in total. The van der Waals surface area contributed by atoms with Gasteiger partial charge in [0.05, 0.1) is 11.2 Å². The second kappa shape index (κ2) is 6.16. The van der Waals surface area contributed by atoms with Gasteiger partial charge in [0, 0.05) is 30.6 Å². The van der Waals surface area contributed by atoms with Crippen LogP contribution < -0.4 is 5.32 Å². The van der Waals surface area contributed by atoms with Crippen molar-refractivity contribution in [3.8, 4) is 0 Å². The number of benzene rings is 1. The highest BCUT2D eigenvalue weighted by molar-refractivity contribution is 5.92. The van der Waals surface area contributed by atoms with Crippen molar-refractivity contribution in [2.24, 2.45) is 0 Å². The number of hydrogen-bond donors (Lipinski definition) is 1. The van der Waals surface area contributed by atoms with Crippen molar-refractivity contribution < 1.29 is 4.79 Å². The number of rotatable bonds is 2. The van der Waals surface area contributed by atoms with Gasteiger partial charge in [-0.2, -0.15) is 0 Å². The maximum absolute atomic E-state index is 12.5. The van der Waals surface area contributed by atoms with Gasteiger partial charge in [0.25, 0.3) is 5.91 Å². The molecule has 3 heterocycles. The van der Waals surface area contributed by atoms with Crippen LogP contribution in [0.5, 0.6) is 0 Å². The number of carbonyl (C=O) groups is 1. The third-order valence-electron chi connectivity index (χ3n) is 4.66. The molecule has 0 aliphatic carbocycles. The zero-order valence-electron chi connectivity index (χ0n) is 15.2. The molecule has 1 N–H and O–H groups in total. The molecular formula is C19H22N6O. The Labute approximate surface area is 151 Å². The van der Waals surface area contributed by atoms with Gasteiger partial charge in [-0.25, -0.2) is 9.97 Å². The van der Waals surface area contributed by atoms with Gasteiger partial charge < -0.3 is 9.88 Å². The minimum atomic E-state index is -0.284. The van der Waals surface area contributed by atoms with Gasteiger partial charge in [-0.1, -0.05) is 32.9 Å². The standard InChI is InChI=1S/C19H22N6O/c1-19(2,3)15-11-25-10-12(8-9-16(25)22-15)20-18(26)17-21-13-6-4-5-7-14(13)23-24-17/h4-7,11-12H,8-10H2,1-3H3,(H,20,26). The fourth-order valence-electron chi connectivity index (χ4n) is 3.15. The Morgan fingerprint density at radius 1 is 1.15 bits per heavy atom. The van der Waals surface area contributed by atoms with Crippen molar-refractivity contribution in [3.05, 3.63) is 47.8 Å². The summed E-state index contributed by atoms with van der Waals surface area (Å²) in [6.07, 6.45) is 3.80. The Bertz CT molecular complexity index is 972. The minimum absolute atomic E-state index is 0.0215. The molecule has 0 spiro atoms. The third kappa shape index (κ3) is 3.16. The second-order valence-corrected chi connectivity index (χ2v) is 7.78. The molecule has 1 unspecified atom stereocenters. The Balaban J connectivity index is 1.49. The molecule has 1 aliphatic heterocycles. The summed E-state index contributed by atoms with van der Waals surface area (Å²) in [6, 6.07) is 7.42. The molecule has 0 saturated heterocycles. The lowest BCUT2D eigenvalue weighted by Crippen LogP contribution is -2.41. The van der Waals surface area contributed by atoms with E-state index in [0.717, 1.165) is 24.4 Å². The highest BCUT2D eigenvalue weighted by Crippen LogP contribution is 2.24. The molecular weight excluding hydrogens is 328 g/mol. The predicted molar refractivity (Wildman–Crippen MR) is 97.8 cm³/mol. The molecule has 1 aromatic carbocycles. The number of aryl methyl sites for hydroxylation is 1. The van der Waals surface area contributed by atoms with Crippen LogP contribution in [0, 0.1) is 0 Å². The zero-order valence-corrected chi connectivity index (χ0v) is 15.2. The van der Waals surface area contributed by atoms with E-state index in [1.54, 1.807) is 0 Å². The van der Waals surface area contributed by atoms with Crippen molar-refractivity contribution in [2.75, 3.05) is 0 Å². The molecule has 1 atom stereocenters. The first-order valence-corrected chi connectivity index (χ1v) is 8.87. The van der Waals surface area contributed by atoms with E-state index in [9.17, 15) is 4.79 Å². The molecule has 0 radical (unpaired) electrons. The van der Waals surface area contributed by atoms with E-state index in [1.165, 1.54) is 0 Å². The van der Waals surface area contributed by atoms with Gasteiger partial charge in [0.15, 0.2) is 0 Å². The van der Waals surface area contributed by atoms with Gasteiger partial charge in [0.1, 0.15) is 11.3 Å². The Kier molecular flexibility index (Phi) is 3.94. The van der Waals surface area contributed by atoms with Gasteiger partial charge in [-0.3, -0.25) is 4.79 Å². The number of amides is 1. The summed E-state index contributed by atoms with van der Waals surface area (Å²) in [5.74, 6) is 0.910. The summed E-state index contributed by atoms with van der Waals surface area (Å²) in [7, 11) is 0. The summed E-state index contributed by atoms with van der Waals surface area (Å²) in [6.45, 7) is 7.19. The Morgan fingerprint density at radius 3 is 2.69 bits per heavy atom. The smallest absolute Gasteiger partial charge is 0.291 e. The quantitative estimate of drug-likeness (QED) is 0.766. The summed E-state index contributed by atoms with van der Waals surface area (Å²) in [5, 5.41) is 11.1. The SMILES string of the molecule is CC(C)(C)c1cn2c(n1)CCC(NC(=O)c1nnc3ccccc3n1)C2. The van der Waals surface area contributed by atoms with Gasteiger partial charge >= 0.3 is 0 Å². The van der Waals surface area contributed by atoms with Crippen molar-refractivity contribution in [2.45, 2.75) is 51.6 Å². The highest BCUT2D eigenvalue weighted by atomic mass is 16.2. The molecule has 7 heteroatoms. The number of nitrogens with one attached hydrogen (secondary N) is 1. The average molecular weight is 350 g/mol. The van der Waals surface area contributed by atoms with Crippen molar-refractivity contribution in [1.82, 2.24) is 30.0 Å². The Morgan fingerprint density at radius 2 is 1.92 bits per heavy atom. The molecule has 0 bridgehead atoms. The molecule has 134 valence electrons. The molecule has 26 heavy (non-hydrogen) atoms. The lowest BCUT2D eigenvalue weighted by molar-refractivity contribution is 0.0916. The van der Waals surface area contributed by atoms with E-state index in [4.69, 9.17) is 4.98 Å². The topological polar surface area (TPSA) is 85.6 Å². The fourth-order valence-corrected chi connectivity index (χ4v) is 3.15. The monoisotopic (exact) mass is 350 g/mol. The van der Waals surface area contributed by atoms with Crippen LogP contribution in [0.4, 0.5) is 0 Å². The van der Waals surface area contributed by atoms with Crippen LogP contribution in [-0.4, -0.2) is 36.7 Å². The van der Waals surface area contributed by atoms with E-state index >= 15 is 0 Å². The maximum atomic E-state index is 12.5. The van der Waals surface area contributed by atoms with Crippen LogP contribution in [0.15, 0.2) is 30.5 Å². The lowest BCUT2D eigenvalue weighted by atomic mass is 9.93. The normalized spacial score (nSPS) is 17.1.